The van der Waals surface area contributed by atoms with Crippen LogP contribution in [0.1, 0.15) is 21.6 Å². The topological polar surface area (TPSA) is 111 Å². The summed E-state index contributed by atoms with van der Waals surface area (Å²) >= 11 is 0. The van der Waals surface area contributed by atoms with E-state index in [2.05, 4.69) is 9.97 Å². The zero-order valence-electron chi connectivity index (χ0n) is 17.0. The van der Waals surface area contributed by atoms with Gasteiger partial charge in [0.1, 0.15) is 0 Å². The number of hydrogen-bond donors (Lipinski definition) is 1. The van der Waals surface area contributed by atoms with Gasteiger partial charge >= 0.3 is 0 Å². The standard InChI is InChI=1S/C22H23N5O3S/c1-26-13-20(25-14-26)31(29,30)27-11-17-18(12-27)22(17,19-8-4-5-9-24-19)10-15-6-2-3-7-16(15)21(23)28/h2-9,13-14,17-18H,10-12H2,1H3,(H2,23,28). The molecule has 3 heterocycles. The first-order valence-electron chi connectivity index (χ1n) is 10.1. The molecule has 8 nitrogen and oxygen atoms in total. The van der Waals surface area contributed by atoms with Gasteiger partial charge in [0.15, 0.2) is 5.03 Å². The summed E-state index contributed by atoms with van der Waals surface area (Å²) in [7, 11) is -1.89. The second-order valence-electron chi connectivity index (χ2n) is 8.37. The Morgan fingerprint density at radius 2 is 1.84 bits per heavy atom. The van der Waals surface area contributed by atoms with Crippen molar-refractivity contribution in [1.29, 1.82) is 0 Å². The number of piperidine rings is 1. The fraction of sp³-hybridized carbons (Fsp3) is 0.318. The summed E-state index contributed by atoms with van der Waals surface area (Å²) in [4.78, 5) is 20.6. The summed E-state index contributed by atoms with van der Waals surface area (Å²) in [6.07, 6.45) is 5.36. The van der Waals surface area contributed by atoms with E-state index in [1.807, 2.05) is 30.3 Å². The average molecular weight is 438 g/mol. The summed E-state index contributed by atoms with van der Waals surface area (Å²) in [6, 6.07) is 13.1. The van der Waals surface area contributed by atoms with E-state index >= 15 is 0 Å². The molecular weight excluding hydrogens is 414 g/mol. The number of nitrogens with two attached hydrogens (primary N) is 1. The molecule has 160 valence electrons. The number of hydrogen-bond acceptors (Lipinski definition) is 5. The number of aromatic nitrogens is 3. The molecule has 0 radical (unpaired) electrons. The lowest BCUT2D eigenvalue weighted by atomic mass is 9.85. The van der Waals surface area contributed by atoms with Crippen molar-refractivity contribution in [2.45, 2.75) is 16.9 Å². The van der Waals surface area contributed by atoms with Crippen molar-refractivity contribution in [3.63, 3.8) is 0 Å². The van der Waals surface area contributed by atoms with Crippen LogP contribution in [-0.2, 0) is 28.9 Å². The molecule has 1 aliphatic heterocycles. The Morgan fingerprint density at radius 3 is 2.45 bits per heavy atom. The first kappa shape index (κ1) is 19.9. The highest BCUT2D eigenvalue weighted by atomic mass is 32.2. The number of amides is 1. The quantitative estimate of drug-likeness (QED) is 0.626. The van der Waals surface area contributed by atoms with Crippen molar-refractivity contribution >= 4 is 15.9 Å². The normalized spacial score (nSPS) is 25.3. The molecule has 1 amide bonds. The maximum Gasteiger partial charge on any atom is 0.262 e. The van der Waals surface area contributed by atoms with Gasteiger partial charge in [-0.05, 0) is 42.0 Å². The first-order valence-corrected chi connectivity index (χ1v) is 11.6. The Bertz CT molecular complexity index is 1240. The SMILES string of the molecule is Cn1cnc(S(=O)(=O)N2CC3C(C2)C3(Cc2ccccc2C(N)=O)c2ccccn2)c1. The first-order chi connectivity index (χ1) is 14.8. The number of rotatable bonds is 6. The average Bonchev–Trinajstić information content (AvgIpc) is 3.14. The maximum absolute atomic E-state index is 13.0. The summed E-state index contributed by atoms with van der Waals surface area (Å²) in [5.41, 5.74) is 7.59. The molecule has 2 atom stereocenters. The molecule has 3 aromatic rings. The van der Waals surface area contributed by atoms with Gasteiger partial charge in [-0.3, -0.25) is 9.78 Å². The molecule has 9 heteroatoms. The predicted octanol–water partition coefficient (Wildman–Crippen LogP) is 1.34. The molecule has 2 aromatic heterocycles. The molecule has 2 N–H and O–H groups in total. The van der Waals surface area contributed by atoms with Crippen molar-refractivity contribution in [2.75, 3.05) is 13.1 Å². The number of carbonyl (C=O) groups is 1. The number of imidazole rings is 1. The second-order valence-corrected chi connectivity index (χ2v) is 10.3. The number of benzene rings is 1. The van der Waals surface area contributed by atoms with Crippen LogP contribution in [0.25, 0.3) is 0 Å². The lowest BCUT2D eigenvalue weighted by molar-refractivity contribution is 0.0999. The Balaban J connectivity index is 1.48. The molecule has 2 fully saturated rings. The van der Waals surface area contributed by atoms with Crippen LogP contribution < -0.4 is 5.73 Å². The highest BCUT2D eigenvalue weighted by Crippen LogP contribution is 2.65. The van der Waals surface area contributed by atoms with E-state index in [4.69, 9.17) is 5.73 Å². The van der Waals surface area contributed by atoms with Crippen LogP contribution in [0.15, 0.2) is 66.2 Å². The molecule has 0 bridgehead atoms. The molecule has 0 spiro atoms. The van der Waals surface area contributed by atoms with Gasteiger partial charge < -0.3 is 10.3 Å². The van der Waals surface area contributed by atoms with Crippen molar-refractivity contribution in [3.05, 3.63) is 78.0 Å². The van der Waals surface area contributed by atoms with E-state index in [1.54, 1.807) is 29.9 Å². The summed E-state index contributed by atoms with van der Waals surface area (Å²) in [6.45, 7) is 0.803. The number of primary amides is 1. The van der Waals surface area contributed by atoms with Gasteiger partial charge in [0, 0.05) is 49.2 Å². The minimum absolute atomic E-state index is 0.0683. The van der Waals surface area contributed by atoms with Gasteiger partial charge in [-0.25, -0.2) is 13.4 Å². The smallest absolute Gasteiger partial charge is 0.262 e. The zero-order chi connectivity index (χ0) is 21.8. The van der Waals surface area contributed by atoms with E-state index < -0.39 is 15.9 Å². The number of nitrogens with zero attached hydrogens (tertiary/aromatic N) is 4. The fourth-order valence-electron chi connectivity index (χ4n) is 5.15. The van der Waals surface area contributed by atoms with Crippen LogP contribution in [-0.4, -0.2) is 46.3 Å². The maximum atomic E-state index is 13.0. The van der Waals surface area contributed by atoms with Crippen molar-refractivity contribution in [2.24, 2.45) is 24.6 Å². The Hall–Kier alpha value is -3.04. The van der Waals surface area contributed by atoms with Crippen LogP contribution in [0.4, 0.5) is 0 Å². The Kier molecular flexibility index (Phi) is 4.49. The second kappa shape index (κ2) is 7.00. The van der Waals surface area contributed by atoms with Gasteiger partial charge in [0.25, 0.3) is 10.0 Å². The lowest BCUT2D eigenvalue weighted by Gasteiger charge is -2.26. The van der Waals surface area contributed by atoms with Gasteiger partial charge in [-0.2, -0.15) is 4.31 Å². The minimum atomic E-state index is -3.64. The van der Waals surface area contributed by atoms with Gasteiger partial charge in [0.05, 0.1) is 6.33 Å². The number of pyridine rings is 1. The number of fused-ring (bicyclic) bond motifs is 1. The molecular formula is C22H23N5O3S. The van der Waals surface area contributed by atoms with E-state index in [9.17, 15) is 13.2 Å². The number of aryl methyl sites for hydroxylation is 1. The summed E-state index contributed by atoms with van der Waals surface area (Å²) in [5.74, 6) is -0.236. The third-order valence-corrected chi connectivity index (χ3v) is 8.41. The lowest BCUT2D eigenvalue weighted by Crippen LogP contribution is -2.36. The number of sulfonamides is 1. The van der Waals surface area contributed by atoms with Gasteiger partial charge in [-0.15, -0.1) is 0 Å². The molecule has 1 aliphatic carbocycles. The van der Waals surface area contributed by atoms with Crippen LogP contribution in [0, 0.1) is 11.8 Å². The van der Waals surface area contributed by atoms with Gasteiger partial charge in [0.2, 0.25) is 5.91 Å². The molecule has 1 saturated carbocycles. The predicted molar refractivity (Wildman–Crippen MR) is 114 cm³/mol. The molecule has 1 saturated heterocycles. The monoisotopic (exact) mass is 437 g/mol. The van der Waals surface area contributed by atoms with Crippen LogP contribution in [0.3, 0.4) is 0 Å². The molecule has 5 rings (SSSR count). The molecule has 31 heavy (non-hydrogen) atoms. The fourth-order valence-corrected chi connectivity index (χ4v) is 6.61. The van der Waals surface area contributed by atoms with E-state index in [0.717, 1.165) is 11.3 Å². The highest BCUT2D eigenvalue weighted by molar-refractivity contribution is 7.89. The van der Waals surface area contributed by atoms with Crippen molar-refractivity contribution < 1.29 is 13.2 Å². The highest BCUT2D eigenvalue weighted by Gasteiger charge is 2.70. The number of carbonyl (C=O) groups excluding carboxylic acids is 1. The summed E-state index contributed by atoms with van der Waals surface area (Å²) in [5, 5.41) is 0.0683. The third kappa shape index (κ3) is 3.07. The molecule has 2 unspecified atom stereocenters. The third-order valence-electron chi connectivity index (χ3n) is 6.69. The van der Waals surface area contributed by atoms with Crippen LogP contribution in [0.2, 0.25) is 0 Å². The van der Waals surface area contributed by atoms with Crippen molar-refractivity contribution in [1.82, 2.24) is 18.8 Å². The Morgan fingerprint density at radius 1 is 1.13 bits per heavy atom. The van der Waals surface area contributed by atoms with Gasteiger partial charge in [-0.1, -0.05) is 24.3 Å². The minimum Gasteiger partial charge on any atom is -0.366 e. The van der Waals surface area contributed by atoms with Crippen LogP contribution >= 0.6 is 0 Å². The zero-order valence-corrected chi connectivity index (χ0v) is 17.9. The van der Waals surface area contributed by atoms with Crippen LogP contribution in [0.5, 0.6) is 0 Å². The van der Waals surface area contributed by atoms with E-state index in [0.29, 0.717) is 25.1 Å². The largest absolute Gasteiger partial charge is 0.366 e. The van der Waals surface area contributed by atoms with E-state index in [1.165, 1.54) is 16.8 Å². The molecule has 2 aliphatic rings. The molecule has 1 aromatic carbocycles. The van der Waals surface area contributed by atoms with E-state index in [-0.39, 0.29) is 22.3 Å². The van der Waals surface area contributed by atoms with Crippen molar-refractivity contribution in [3.8, 4) is 0 Å². The Labute approximate surface area is 180 Å². The summed E-state index contributed by atoms with van der Waals surface area (Å²) < 4.78 is 29.2.